The van der Waals surface area contributed by atoms with Crippen LogP contribution in [0.3, 0.4) is 0 Å². The minimum absolute atomic E-state index is 0.219. The van der Waals surface area contributed by atoms with Crippen molar-refractivity contribution in [3.63, 3.8) is 0 Å². The summed E-state index contributed by atoms with van der Waals surface area (Å²) in [6.45, 7) is 4.03. The van der Waals surface area contributed by atoms with E-state index in [2.05, 4.69) is 9.97 Å². The molecule has 0 aliphatic heterocycles. The number of nitrogens with two attached hydrogens (primary N) is 1. The number of para-hydroxylation sites is 1. The molecule has 0 spiro atoms. The maximum absolute atomic E-state index is 5.72. The molecule has 0 bridgehead atoms. The van der Waals surface area contributed by atoms with Crippen LogP contribution in [-0.2, 0) is 0 Å². The first kappa shape index (κ1) is 11.4. The molecule has 4 heteroatoms. The van der Waals surface area contributed by atoms with Gasteiger partial charge in [0.2, 0.25) is 5.88 Å². The third kappa shape index (κ3) is 2.93. The lowest BCUT2D eigenvalue weighted by Crippen LogP contribution is -2.02. The predicted octanol–water partition coefficient (Wildman–Crippen LogP) is 2.97. The molecule has 17 heavy (non-hydrogen) atoms. The molecule has 0 amide bonds. The first-order valence-corrected chi connectivity index (χ1v) is 5.52. The van der Waals surface area contributed by atoms with Crippen molar-refractivity contribution >= 4 is 5.82 Å². The Balaban J connectivity index is 2.27. The van der Waals surface area contributed by atoms with Crippen molar-refractivity contribution in [2.45, 2.75) is 19.8 Å². The topological polar surface area (TPSA) is 61.0 Å². The molecule has 0 radical (unpaired) electrons. The smallest absolute Gasteiger partial charge is 0.224 e. The molecule has 4 nitrogen and oxygen atoms in total. The molecular weight excluding hydrogens is 214 g/mol. The van der Waals surface area contributed by atoms with Crippen LogP contribution in [0.1, 0.15) is 25.6 Å². The maximum Gasteiger partial charge on any atom is 0.224 e. The first-order chi connectivity index (χ1) is 8.15. The van der Waals surface area contributed by atoms with Crippen LogP contribution in [0.2, 0.25) is 0 Å². The minimum Gasteiger partial charge on any atom is -0.439 e. The van der Waals surface area contributed by atoms with E-state index in [0.717, 1.165) is 5.75 Å². The number of hydrogen-bond acceptors (Lipinski definition) is 4. The fourth-order valence-electron chi connectivity index (χ4n) is 1.38. The van der Waals surface area contributed by atoms with Gasteiger partial charge in [0, 0.05) is 12.0 Å². The Bertz CT molecular complexity index is 497. The van der Waals surface area contributed by atoms with Crippen LogP contribution in [0, 0.1) is 0 Å². The molecule has 0 saturated heterocycles. The molecule has 2 N–H and O–H groups in total. The van der Waals surface area contributed by atoms with E-state index in [1.54, 1.807) is 6.07 Å². The standard InChI is InChI=1S/C13H15N3O/c1-9(2)13-15-11(14)8-12(16-13)17-10-6-4-3-5-7-10/h3-9H,1-2H3,(H2,14,15,16). The highest BCUT2D eigenvalue weighted by Gasteiger charge is 2.07. The summed E-state index contributed by atoms with van der Waals surface area (Å²) in [6.07, 6.45) is 0. The number of rotatable bonds is 3. The fourth-order valence-corrected chi connectivity index (χ4v) is 1.38. The highest BCUT2D eigenvalue weighted by atomic mass is 16.5. The molecule has 2 aromatic rings. The first-order valence-electron chi connectivity index (χ1n) is 5.52. The van der Waals surface area contributed by atoms with Gasteiger partial charge in [-0.1, -0.05) is 32.0 Å². The Kier molecular flexibility index (Phi) is 3.23. The van der Waals surface area contributed by atoms with Gasteiger partial charge in [-0.2, -0.15) is 4.98 Å². The number of benzene rings is 1. The zero-order valence-electron chi connectivity index (χ0n) is 9.92. The Morgan fingerprint density at radius 2 is 1.82 bits per heavy atom. The summed E-state index contributed by atoms with van der Waals surface area (Å²) in [5, 5.41) is 0. The second kappa shape index (κ2) is 4.82. The van der Waals surface area contributed by atoms with Crippen molar-refractivity contribution < 1.29 is 4.74 Å². The molecule has 0 unspecified atom stereocenters. The number of aromatic nitrogens is 2. The van der Waals surface area contributed by atoms with Crippen LogP contribution in [0.5, 0.6) is 11.6 Å². The molecule has 88 valence electrons. The van der Waals surface area contributed by atoms with Crippen LogP contribution in [0.4, 0.5) is 5.82 Å². The van der Waals surface area contributed by atoms with Crippen LogP contribution in [0.15, 0.2) is 36.4 Å². The predicted molar refractivity (Wildman–Crippen MR) is 67.0 cm³/mol. The van der Waals surface area contributed by atoms with Crippen molar-refractivity contribution in [3.05, 3.63) is 42.2 Å². The van der Waals surface area contributed by atoms with E-state index in [1.165, 1.54) is 0 Å². The van der Waals surface area contributed by atoms with Crippen molar-refractivity contribution in [2.75, 3.05) is 5.73 Å². The number of nitrogen functional groups attached to an aromatic ring is 1. The summed E-state index contributed by atoms with van der Waals surface area (Å²) in [6, 6.07) is 11.1. The van der Waals surface area contributed by atoms with Gasteiger partial charge >= 0.3 is 0 Å². The molecule has 1 aromatic carbocycles. The molecule has 0 aliphatic rings. The third-order valence-corrected chi connectivity index (χ3v) is 2.22. The fraction of sp³-hybridized carbons (Fsp3) is 0.231. The molecule has 1 aromatic heterocycles. The molecule has 0 saturated carbocycles. The van der Waals surface area contributed by atoms with Crippen LogP contribution >= 0.6 is 0 Å². The van der Waals surface area contributed by atoms with Crippen molar-refractivity contribution in [2.24, 2.45) is 0 Å². The van der Waals surface area contributed by atoms with Gasteiger partial charge in [0.1, 0.15) is 17.4 Å². The summed E-state index contributed by atoms with van der Waals surface area (Å²) >= 11 is 0. The SMILES string of the molecule is CC(C)c1nc(N)cc(Oc2ccccc2)n1. The summed E-state index contributed by atoms with van der Waals surface area (Å²) in [5.74, 6) is 2.55. The van der Waals surface area contributed by atoms with Gasteiger partial charge < -0.3 is 10.5 Å². The Morgan fingerprint density at radius 1 is 1.12 bits per heavy atom. The molecule has 0 fully saturated rings. The number of ether oxygens (including phenoxy) is 1. The zero-order valence-corrected chi connectivity index (χ0v) is 9.92. The van der Waals surface area contributed by atoms with E-state index >= 15 is 0 Å². The van der Waals surface area contributed by atoms with Crippen molar-refractivity contribution in [1.82, 2.24) is 9.97 Å². The van der Waals surface area contributed by atoms with E-state index < -0.39 is 0 Å². The zero-order chi connectivity index (χ0) is 12.3. The summed E-state index contributed by atoms with van der Waals surface area (Å²) in [4.78, 5) is 8.48. The van der Waals surface area contributed by atoms with Crippen LogP contribution in [0.25, 0.3) is 0 Å². The lowest BCUT2D eigenvalue weighted by molar-refractivity contribution is 0.457. The summed E-state index contributed by atoms with van der Waals surface area (Å²) in [7, 11) is 0. The highest BCUT2D eigenvalue weighted by molar-refractivity contribution is 5.36. The number of anilines is 1. The van der Waals surface area contributed by atoms with Gasteiger partial charge in [0.15, 0.2) is 0 Å². The molecule has 0 atom stereocenters. The van der Waals surface area contributed by atoms with Crippen LogP contribution < -0.4 is 10.5 Å². The molecule has 0 aliphatic carbocycles. The number of hydrogen-bond donors (Lipinski definition) is 1. The van der Waals surface area contributed by atoms with Gasteiger partial charge in [-0.25, -0.2) is 4.98 Å². The van der Waals surface area contributed by atoms with Crippen LogP contribution in [-0.4, -0.2) is 9.97 Å². The lowest BCUT2D eigenvalue weighted by atomic mass is 10.2. The van der Waals surface area contributed by atoms with E-state index in [-0.39, 0.29) is 5.92 Å². The van der Waals surface area contributed by atoms with Crippen molar-refractivity contribution in [3.8, 4) is 11.6 Å². The number of nitrogens with zero attached hydrogens (tertiary/aromatic N) is 2. The van der Waals surface area contributed by atoms with E-state index in [1.807, 2.05) is 44.2 Å². The van der Waals surface area contributed by atoms with Gasteiger partial charge in [-0.05, 0) is 12.1 Å². The Hall–Kier alpha value is -2.10. The lowest BCUT2D eigenvalue weighted by Gasteiger charge is -2.09. The highest BCUT2D eigenvalue weighted by Crippen LogP contribution is 2.22. The average Bonchev–Trinajstić information content (AvgIpc) is 2.29. The maximum atomic E-state index is 5.72. The second-order valence-corrected chi connectivity index (χ2v) is 4.06. The van der Waals surface area contributed by atoms with Gasteiger partial charge in [-0.3, -0.25) is 0 Å². The quantitative estimate of drug-likeness (QED) is 0.878. The van der Waals surface area contributed by atoms with E-state index in [4.69, 9.17) is 10.5 Å². The van der Waals surface area contributed by atoms with Gasteiger partial charge in [0.25, 0.3) is 0 Å². The Morgan fingerprint density at radius 3 is 2.47 bits per heavy atom. The normalized spacial score (nSPS) is 10.5. The Labute approximate surface area is 100 Å². The largest absolute Gasteiger partial charge is 0.439 e. The molecule has 1 heterocycles. The molecular formula is C13H15N3O. The summed E-state index contributed by atoms with van der Waals surface area (Å²) in [5.41, 5.74) is 5.72. The average molecular weight is 229 g/mol. The third-order valence-electron chi connectivity index (χ3n) is 2.22. The van der Waals surface area contributed by atoms with E-state index in [0.29, 0.717) is 17.5 Å². The minimum atomic E-state index is 0.219. The summed E-state index contributed by atoms with van der Waals surface area (Å²) < 4.78 is 5.62. The van der Waals surface area contributed by atoms with Gasteiger partial charge in [-0.15, -0.1) is 0 Å². The monoisotopic (exact) mass is 229 g/mol. The van der Waals surface area contributed by atoms with E-state index in [9.17, 15) is 0 Å². The molecule has 2 rings (SSSR count). The second-order valence-electron chi connectivity index (χ2n) is 4.06. The van der Waals surface area contributed by atoms with Crippen molar-refractivity contribution in [1.29, 1.82) is 0 Å². The van der Waals surface area contributed by atoms with Gasteiger partial charge in [0.05, 0.1) is 0 Å².